The summed E-state index contributed by atoms with van der Waals surface area (Å²) in [6, 6.07) is 2.94. The van der Waals surface area contributed by atoms with Crippen LogP contribution < -0.4 is 10.9 Å². The van der Waals surface area contributed by atoms with Crippen molar-refractivity contribution < 1.29 is 22.7 Å². The summed E-state index contributed by atoms with van der Waals surface area (Å²) in [5.41, 5.74) is 5.70. The first-order chi connectivity index (χ1) is 12.2. The molecular formula is C17H25N3O5S. The van der Waals surface area contributed by atoms with Crippen molar-refractivity contribution in [2.75, 3.05) is 20.2 Å². The zero-order chi connectivity index (χ0) is 19.5. The number of methoxy groups -OCH3 is 1. The van der Waals surface area contributed by atoms with Crippen molar-refractivity contribution in [1.82, 2.24) is 15.2 Å². The quantitative estimate of drug-likeness (QED) is 0.774. The molecular weight excluding hydrogens is 358 g/mol. The highest BCUT2D eigenvalue weighted by atomic mass is 32.2. The first-order valence-corrected chi connectivity index (χ1v) is 9.86. The Labute approximate surface area is 153 Å². The topological polar surface area (TPSA) is 105 Å². The number of piperidine rings is 1. The molecule has 2 N–H and O–H groups in total. The molecule has 1 aliphatic rings. The molecule has 26 heavy (non-hydrogen) atoms. The summed E-state index contributed by atoms with van der Waals surface area (Å²) in [6.45, 7) is 6.53. The number of nitrogens with zero attached hydrogens (tertiary/aromatic N) is 1. The SMILES string of the molecule is COC(=O)NNC(=O)c1cc(C)c(C)c(S(=O)(=O)N2CCC(C)CC2)c1. The van der Waals surface area contributed by atoms with Crippen molar-refractivity contribution in [3.05, 3.63) is 28.8 Å². The minimum Gasteiger partial charge on any atom is -0.452 e. The molecule has 1 fully saturated rings. The molecule has 0 aliphatic carbocycles. The summed E-state index contributed by atoms with van der Waals surface area (Å²) < 4.78 is 32.0. The van der Waals surface area contributed by atoms with E-state index in [1.165, 1.54) is 17.5 Å². The van der Waals surface area contributed by atoms with Gasteiger partial charge in [0.2, 0.25) is 10.0 Å². The van der Waals surface area contributed by atoms with Gasteiger partial charge in [-0.2, -0.15) is 4.31 Å². The summed E-state index contributed by atoms with van der Waals surface area (Å²) in [6.07, 6.45) is 0.818. The van der Waals surface area contributed by atoms with Crippen LogP contribution >= 0.6 is 0 Å². The van der Waals surface area contributed by atoms with Gasteiger partial charge in [0, 0.05) is 18.7 Å². The van der Waals surface area contributed by atoms with Gasteiger partial charge in [-0.05, 0) is 55.9 Å². The minimum absolute atomic E-state index is 0.121. The predicted molar refractivity (Wildman–Crippen MR) is 96.1 cm³/mol. The number of rotatable bonds is 3. The highest BCUT2D eigenvalue weighted by Gasteiger charge is 2.30. The zero-order valence-corrected chi connectivity index (χ0v) is 16.3. The van der Waals surface area contributed by atoms with Crippen molar-refractivity contribution in [2.24, 2.45) is 5.92 Å². The van der Waals surface area contributed by atoms with Crippen molar-refractivity contribution in [1.29, 1.82) is 0 Å². The molecule has 1 aromatic rings. The Morgan fingerprint density at radius 1 is 1.15 bits per heavy atom. The average molecular weight is 383 g/mol. The Morgan fingerprint density at radius 2 is 1.77 bits per heavy atom. The number of hydrogen-bond acceptors (Lipinski definition) is 5. The van der Waals surface area contributed by atoms with E-state index in [-0.39, 0.29) is 10.5 Å². The van der Waals surface area contributed by atoms with Crippen molar-refractivity contribution >= 4 is 22.0 Å². The summed E-state index contributed by atoms with van der Waals surface area (Å²) in [5, 5.41) is 0. The Kier molecular flexibility index (Phi) is 6.25. The Bertz CT molecular complexity index is 799. The molecule has 0 aromatic heterocycles. The lowest BCUT2D eigenvalue weighted by molar-refractivity contribution is 0.0920. The average Bonchev–Trinajstić information content (AvgIpc) is 2.61. The first kappa shape index (κ1) is 20.2. The number of sulfonamides is 1. The van der Waals surface area contributed by atoms with Crippen LogP contribution in [0.1, 0.15) is 41.3 Å². The molecule has 0 spiro atoms. The molecule has 1 aliphatic heterocycles. The lowest BCUT2D eigenvalue weighted by Crippen LogP contribution is -2.42. The Balaban J connectivity index is 2.32. The van der Waals surface area contributed by atoms with Crippen LogP contribution in [0, 0.1) is 19.8 Å². The summed E-state index contributed by atoms with van der Waals surface area (Å²) >= 11 is 0. The smallest absolute Gasteiger partial charge is 0.425 e. The van der Waals surface area contributed by atoms with Gasteiger partial charge in [0.15, 0.2) is 0 Å². The van der Waals surface area contributed by atoms with Crippen LogP contribution in [0.4, 0.5) is 4.79 Å². The van der Waals surface area contributed by atoms with Crippen molar-refractivity contribution in [2.45, 2.75) is 38.5 Å². The van der Waals surface area contributed by atoms with Crippen LogP contribution in [0.25, 0.3) is 0 Å². The van der Waals surface area contributed by atoms with Crippen LogP contribution in [0.3, 0.4) is 0 Å². The number of carbonyl (C=O) groups is 2. The molecule has 1 saturated heterocycles. The van der Waals surface area contributed by atoms with Gasteiger partial charge in [-0.3, -0.25) is 10.2 Å². The van der Waals surface area contributed by atoms with Crippen LogP contribution in [-0.2, 0) is 14.8 Å². The molecule has 144 valence electrons. The highest BCUT2D eigenvalue weighted by molar-refractivity contribution is 7.89. The summed E-state index contributed by atoms with van der Waals surface area (Å²) in [7, 11) is -2.52. The maximum absolute atomic E-state index is 13.1. The molecule has 0 saturated carbocycles. The van der Waals surface area contributed by atoms with Gasteiger partial charge in [-0.15, -0.1) is 0 Å². The lowest BCUT2D eigenvalue weighted by Gasteiger charge is -2.30. The van der Waals surface area contributed by atoms with Gasteiger partial charge in [0.25, 0.3) is 5.91 Å². The number of benzene rings is 1. The maximum atomic E-state index is 13.1. The third-order valence-corrected chi connectivity index (χ3v) is 6.73. The number of amides is 2. The van der Waals surface area contributed by atoms with E-state index >= 15 is 0 Å². The molecule has 9 heteroatoms. The molecule has 2 amide bonds. The Morgan fingerprint density at radius 3 is 2.35 bits per heavy atom. The molecule has 0 unspecified atom stereocenters. The monoisotopic (exact) mass is 383 g/mol. The summed E-state index contributed by atoms with van der Waals surface area (Å²) in [5.74, 6) is -0.118. The molecule has 0 radical (unpaired) electrons. The fraction of sp³-hybridized carbons (Fsp3) is 0.529. The molecule has 0 atom stereocenters. The number of carbonyl (C=O) groups excluding carboxylic acids is 2. The van der Waals surface area contributed by atoms with Crippen molar-refractivity contribution in [3.63, 3.8) is 0 Å². The molecule has 8 nitrogen and oxygen atoms in total. The van der Waals surface area contributed by atoms with E-state index in [2.05, 4.69) is 22.5 Å². The summed E-state index contributed by atoms with van der Waals surface area (Å²) in [4.78, 5) is 23.4. The van der Waals surface area contributed by atoms with E-state index in [1.54, 1.807) is 19.9 Å². The van der Waals surface area contributed by atoms with E-state index in [0.717, 1.165) is 12.8 Å². The molecule has 1 heterocycles. The number of aryl methyl sites for hydroxylation is 1. The molecule has 2 rings (SSSR count). The number of nitrogens with one attached hydrogen (secondary N) is 2. The maximum Gasteiger partial charge on any atom is 0.425 e. The molecule has 0 bridgehead atoms. The highest BCUT2D eigenvalue weighted by Crippen LogP contribution is 2.27. The number of ether oxygens (including phenoxy) is 1. The van der Waals surface area contributed by atoms with Gasteiger partial charge in [0.05, 0.1) is 12.0 Å². The normalized spacial score (nSPS) is 16.2. The third kappa shape index (κ3) is 4.34. The molecule has 1 aromatic carbocycles. The third-order valence-electron chi connectivity index (χ3n) is 4.71. The van der Waals surface area contributed by atoms with Crippen LogP contribution in [0.15, 0.2) is 17.0 Å². The lowest BCUT2D eigenvalue weighted by atomic mass is 10.0. The fourth-order valence-electron chi connectivity index (χ4n) is 2.82. The van der Waals surface area contributed by atoms with Gasteiger partial charge in [0.1, 0.15) is 0 Å². The van der Waals surface area contributed by atoms with Crippen molar-refractivity contribution in [3.8, 4) is 0 Å². The van der Waals surface area contributed by atoms with Gasteiger partial charge < -0.3 is 4.74 Å². The number of hydrogen-bond donors (Lipinski definition) is 2. The second-order valence-electron chi connectivity index (χ2n) is 6.57. The largest absolute Gasteiger partial charge is 0.452 e. The number of hydrazine groups is 1. The van der Waals surface area contributed by atoms with Crippen LogP contribution in [0.5, 0.6) is 0 Å². The fourth-order valence-corrected chi connectivity index (χ4v) is 4.61. The van der Waals surface area contributed by atoms with E-state index in [0.29, 0.717) is 30.1 Å². The zero-order valence-electron chi connectivity index (χ0n) is 15.5. The van der Waals surface area contributed by atoms with Crippen LogP contribution in [-0.4, -0.2) is 44.9 Å². The second kappa shape index (κ2) is 8.05. The van der Waals surface area contributed by atoms with Crippen LogP contribution in [0.2, 0.25) is 0 Å². The first-order valence-electron chi connectivity index (χ1n) is 8.42. The van der Waals surface area contributed by atoms with Gasteiger partial charge in [-0.1, -0.05) is 6.92 Å². The van der Waals surface area contributed by atoms with Gasteiger partial charge >= 0.3 is 6.09 Å². The second-order valence-corrected chi connectivity index (χ2v) is 8.48. The standard InChI is InChI=1S/C17H25N3O5S/c1-11-5-7-20(8-6-11)26(23,24)15-10-14(9-12(2)13(15)3)16(21)18-19-17(22)25-4/h9-11H,5-8H2,1-4H3,(H,18,21)(H,19,22). The van der Waals surface area contributed by atoms with Gasteiger partial charge in [-0.25, -0.2) is 18.6 Å². The minimum atomic E-state index is -3.69. The Hall–Kier alpha value is -2.13. The van der Waals surface area contributed by atoms with E-state index in [9.17, 15) is 18.0 Å². The van der Waals surface area contributed by atoms with E-state index in [1.807, 2.05) is 0 Å². The van der Waals surface area contributed by atoms with E-state index < -0.39 is 22.0 Å². The van der Waals surface area contributed by atoms with E-state index in [4.69, 9.17) is 0 Å². The predicted octanol–water partition coefficient (Wildman–Crippen LogP) is 1.72.